The summed E-state index contributed by atoms with van der Waals surface area (Å²) < 4.78 is 4.95. The summed E-state index contributed by atoms with van der Waals surface area (Å²) in [4.78, 5) is 11.1. The van der Waals surface area contributed by atoms with Gasteiger partial charge in [0.1, 0.15) is 6.04 Å². The Morgan fingerprint density at radius 1 is 1.42 bits per heavy atom. The van der Waals surface area contributed by atoms with Crippen LogP contribution in [0.1, 0.15) is 33.6 Å². The van der Waals surface area contributed by atoms with Crippen LogP contribution in [0.4, 0.5) is 0 Å². The summed E-state index contributed by atoms with van der Waals surface area (Å²) in [6.07, 6.45) is 1.91. The molecule has 72 valence electrons. The molecule has 0 aliphatic carbocycles. The highest BCUT2D eigenvalue weighted by atomic mass is 16.5. The Morgan fingerprint density at radius 2 is 2.08 bits per heavy atom. The van der Waals surface area contributed by atoms with Crippen molar-refractivity contribution in [3.05, 3.63) is 0 Å². The summed E-state index contributed by atoms with van der Waals surface area (Å²) in [5.41, 5.74) is 0. The molecule has 0 saturated carbocycles. The van der Waals surface area contributed by atoms with Crippen molar-refractivity contribution in [2.45, 2.75) is 39.7 Å². The molecule has 3 nitrogen and oxygen atoms in total. The van der Waals surface area contributed by atoms with E-state index in [0.29, 0.717) is 6.61 Å². The number of hydrogen-bond acceptors (Lipinski definition) is 3. The molecule has 12 heavy (non-hydrogen) atoms. The molecule has 0 aliphatic rings. The maximum atomic E-state index is 11.1. The summed E-state index contributed by atoms with van der Waals surface area (Å²) in [6, 6.07) is -0.170. The fraction of sp³-hybridized carbons (Fsp3) is 0.889. The van der Waals surface area contributed by atoms with Gasteiger partial charge in [0.25, 0.3) is 0 Å². The summed E-state index contributed by atoms with van der Waals surface area (Å²) in [7, 11) is 0. The summed E-state index contributed by atoms with van der Waals surface area (Å²) >= 11 is 0. The van der Waals surface area contributed by atoms with E-state index >= 15 is 0 Å². The van der Waals surface area contributed by atoms with Gasteiger partial charge in [0, 0.05) is 0 Å². The minimum atomic E-state index is -0.170. The Morgan fingerprint density at radius 3 is 2.58 bits per heavy atom. The van der Waals surface area contributed by atoms with E-state index in [9.17, 15) is 4.79 Å². The lowest BCUT2D eigenvalue weighted by atomic mass is 10.3. The molecule has 3 heteroatoms. The monoisotopic (exact) mass is 173 g/mol. The van der Waals surface area contributed by atoms with E-state index in [2.05, 4.69) is 12.2 Å². The lowest BCUT2D eigenvalue weighted by molar-refractivity contribution is -0.145. The molecule has 0 aliphatic heterocycles. The van der Waals surface area contributed by atoms with E-state index in [1.807, 2.05) is 13.8 Å². The topological polar surface area (TPSA) is 38.3 Å². The third-order valence-electron chi connectivity index (χ3n) is 1.50. The zero-order chi connectivity index (χ0) is 9.40. The van der Waals surface area contributed by atoms with Gasteiger partial charge in [0.05, 0.1) is 6.61 Å². The molecule has 1 atom stereocenters. The summed E-state index contributed by atoms with van der Waals surface area (Å²) in [5, 5.41) is 3.07. The Bertz CT molecular complexity index is 126. The molecule has 0 heterocycles. The maximum Gasteiger partial charge on any atom is 0.322 e. The van der Waals surface area contributed by atoms with Crippen molar-refractivity contribution in [2.24, 2.45) is 0 Å². The first-order chi connectivity index (χ1) is 5.72. The average molecular weight is 173 g/mol. The fourth-order valence-electron chi connectivity index (χ4n) is 0.772. The number of rotatable bonds is 6. The Balaban J connectivity index is 3.47. The number of hydrogen-bond donors (Lipinski definition) is 1. The van der Waals surface area contributed by atoms with Gasteiger partial charge in [-0.05, 0) is 26.3 Å². The van der Waals surface area contributed by atoms with Crippen LogP contribution in [0.3, 0.4) is 0 Å². The smallest absolute Gasteiger partial charge is 0.322 e. The van der Waals surface area contributed by atoms with Crippen LogP contribution in [-0.4, -0.2) is 25.2 Å². The molecule has 0 rings (SSSR count). The predicted octanol–water partition coefficient (Wildman–Crippen LogP) is 1.33. The Kier molecular flexibility index (Phi) is 6.76. The molecule has 1 unspecified atom stereocenters. The van der Waals surface area contributed by atoms with Crippen molar-refractivity contribution in [3.63, 3.8) is 0 Å². The van der Waals surface area contributed by atoms with Gasteiger partial charge < -0.3 is 10.1 Å². The first kappa shape index (κ1) is 11.4. The van der Waals surface area contributed by atoms with Crippen molar-refractivity contribution in [1.82, 2.24) is 5.32 Å². The minimum absolute atomic E-state index is 0.148. The number of carbonyl (C=O) groups excluding carboxylic acids is 1. The second-order valence-corrected chi connectivity index (χ2v) is 2.84. The highest BCUT2D eigenvalue weighted by Gasteiger charge is 2.11. The SMILES string of the molecule is CCCNC(C)C(=O)OCCC. The number of carbonyl (C=O) groups is 1. The Hall–Kier alpha value is -0.570. The first-order valence-corrected chi connectivity index (χ1v) is 4.62. The third kappa shape index (κ3) is 5.13. The molecular formula is C9H19NO2. The Labute approximate surface area is 74.5 Å². The van der Waals surface area contributed by atoms with Gasteiger partial charge in [-0.1, -0.05) is 13.8 Å². The van der Waals surface area contributed by atoms with Gasteiger partial charge in [0.2, 0.25) is 0 Å². The van der Waals surface area contributed by atoms with E-state index in [1.54, 1.807) is 0 Å². The van der Waals surface area contributed by atoms with Crippen LogP contribution in [0.15, 0.2) is 0 Å². The molecule has 0 aromatic heterocycles. The van der Waals surface area contributed by atoms with Crippen LogP contribution in [0.2, 0.25) is 0 Å². The van der Waals surface area contributed by atoms with Crippen LogP contribution in [0.5, 0.6) is 0 Å². The van der Waals surface area contributed by atoms with E-state index < -0.39 is 0 Å². The number of ether oxygens (including phenoxy) is 1. The number of nitrogens with one attached hydrogen (secondary N) is 1. The van der Waals surface area contributed by atoms with Gasteiger partial charge in [-0.25, -0.2) is 0 Å². The van der Waals surface area contributed by atoms with Crippen molar-refractivity contribution in [3.8, 4) is 0 Å². The van der Waals surface area contributed by atoms with Gasteiger partial charge in [0.15, 0.2) is 0 Å². The van der Waals surface area contributed by atoms with Crippen molar-refractivity contribution in [1.29, 1.82) is 0 Å². The normalized spacial score (nSPS) is 12.6. The predicted molar refractivity (Wildman–Crippen MR) is 49.0 cm³/mol. The lowest BCUT2D eigenvalue weighted by Crippen LogP contribution is -2.35. The largest absolute Gasteiger partial charge is 0.465 e. The van der Waals surface area contributed by atoms with Crippen LogP contribution in [0.25, 0.3) is 0 Å². The minimum Gasteiger partial charge on any atom is -0.465 e. The molecule has 0 radical (unpaired) electrons. The van der Waals surface area contributed by atoms with E-state index in [1.165, 1.54) is 0 Å². The highest BCUT2D eigenvalue weighted by Crippen LogP contribution is 1.89. The molecule has 1 N–H and O–H groups in total. The molecule has 0 spiro atoms. The second kappa shape index (κ2) is 7.10. The van der Waals surface area contributed by atoms with Crippen molar-refractivity contribution >= 4 is 5.97 Å². The second-order valence-electron chi connectivity index (χ2n) is 2.84. The summed E-state index contributed by atoms with van der Waals surface area (Å²) in [5.74, 6) is -0.148. The molecule has 0 aromatic rings. The zero-order valence-corrected chi connectivity index (χ0v) is 8.22. The molecule has 0 amide bonds. The highest BCUT2D eigenvalue weighted by molar-refractivity contribution is 5.75. The maximum absolute atomic E-state index is 11.1. The van der Waals surface area contributed by atoms with E-state index in [4.69, 9.17) is 4.74 Å². The van der Waals surface area contributed by atoms with E-state index in [-0.39, 0.29) is 12.0 Å². The van der Waals surface area contributed by atoms with Crippen molar-refractivity contribution in [2.75, 3.05) is 13.2 Å². The molecule has 0 bridgehead atoms. The van der Waals surface area contributed by atoms with Crippen LogP contribution in [-0.2, 0) is 9.53 Å². The van der Waals surface area contributed by atoms with Crippen LogP contribution < -0.4 is 5.32 Å². The summed E-state index contributed by atoms with van der Waals surface area (Å²) in [6.45, 7) is 7.27. The van der Waals surface area contributed by atoms with Crippen LogP contribution >= 0.6 is 0 Å². The first-order valence-electron chi connectivity index (χ1n) is 4.62. The fourth-order valence-corrected chi connectivity index (χ4v) is 0.772. The quantitative estimate of drug-likeness (QED) is 0.616. The van der Waals surface area contributed by atoms with Gasteiger partial charge in [-0.2, -0.15) is 0 Å². The molecule has 0 saturated heterocycles. The zero-order valence-electron chi connectivity index (χ0n) is 8.22. The molecular weight excluding hydrogens is 154 g/mol. The van der Waals surface area contributed by atoms with Crippen LogP contribution in [0, 0.1) is 0 Å². The molecule has 0 aromatic carbocycles. The van der Waals surface area contributed by atoms with Gasteiger partial charge in [-0.3, -0.25) is 4.79 Å². The van der Waals surface area contributed by atoms with Gasteiger partial charge >= 0.3 is 5.97 Å². The standard InChI is InChI=1S/C9H19NO2/c1-4-6-10-8(3)9(11)12-7-5-2/h8,10H,4-7H2,1-3H3. The molecule has 0 fully saturated rings. The number of esters is 1. The van der Waals surface area contributed by atoms with Gasteiger partial charge in [-0.15, -0.1) is 0 Å². The average Bonchev–Trinajstić information content (AvgIpc) is 2.10. The van der Waals surface area contributed by atoms with E-state index in [0.717, 1.165) is 19.4 Å². The lowest BCUT2D eigenvalue weighted by Gasteiger charge is -2.11. The van der Waals surface area contributed by atoms with Crippen molar-refractivity contribution < 1.29 is 9.53 Å². The third-order valence-corrected chi connectivity index (χ3v) is 1.50.